The van der Waals surface area contributed by atoms with Crippen LogP contribution in [0.2, 0.25) is 4.34 Å². The first-order chi connectivity index (χ1) is 54.5. The number of carboxylic acid groups (broad SMARTS) is 1. The molecule has 0 aliphatic carbocycles. The first kappa shape index (κ1) is 93.2. The molecule has 9 amide bonds. The number of carbonyl (C=O) groups is 10. The Labute approximate surface area is 699 Å². The quantitative estimate of drug-likeness (QED) is 0.0334. The number of carbonyl (C=O) groups excluding carboxylic acids is 9. The molecule has 0 bridgehead atoms. The van der Waals surface area contributed by atoms with E-state index in [0.29, 0.717) is 31.0 Å². The average molecular weight is 1790 g/mol. The number of benzene rings is 5. The van der Waals surface area contributed by atoms with Gasteiger partial charge in [0.2, 0.25) is 47.2 Å². The fourth-order valence-corrected chi connectivity index (χ4v) is 23.1. The molecule has 0 unspecified atom stereocenters. The molecule has 0 radical (unpaired) electrons. The third-order valence-corrected chi connectivity index (χ3v) is 30.0. The summed E-state index contributed by atoms with van der Waals surface area (Å²) in [4.78, 5) is 115. The molecule has 0 saturated heterocycles. The molecule has 608 valence electrons. The number of aromatic carboxylic acids is 1. The van der Waals surface area contributed by atoms with Gasteiger partial charge in [-0.15, -0.1) is 69.3 Å². The van der Waals surface area contributed by atoms with Crippen LogP contribution in [0.15, 0.2) is 217 Å². The maximum atomic E-state index is 12.9. The number of primary amides is 5. The molecule has 31 nitrogen and oxygen atoms in total. The maximum absolute atomic E-state index is 12.9. The van der Waals surface area contributed by atoms with Crippen molar-refractivity contribution in [2.75, 3.05) is 27.0 Å². The van der Waals surface area contributed by atoms with Crippen LogP contribution in [0.1, 0.15) is 121 Å². The van der Waals surface area contributed by atoms with Gasteiger partial charge < -0.3 is 60.8 Å². The number of sulfone groups is 3. The van der Waals surface area contributed by atoms with Gasteiger partial charge in [0, 0.05) is 43.0 Å². The van der Waals surface area contributed by atoms with Crippen molar-refractivity contribution >= 4 is 206 Å². The van der Waals surface area contributed by atoms with Crippen molar-refractivity contribution in [2.45, 2.75) is 96.7 Å². The Bertz CT molecular complexity index is 5930. The summed E-state index contributed by atoms with van der Waals surface area (Å²) in [5.74, 6) is -5.88. The first-order valence-corrected chi connectivity index (χ1v) is 43.0. The van der Waals surface area contributed by atoms with Crippen molar-refractivity contribution in [3.63, 3.8) is 0 Å². The highest BCUT2D eigenvalue weighted by molar-refractivity contribution is 8.01. The smallest absolute Gasteiger partial charge is 0.353 e. The molecular weight excluding hydrogens is 1710 g/mol. The van der Waals surface area contributed by atoms with E-state index in [-0.39, 0.29) is 98.9 Å². The summed E-state index contributed by atoms with van der Waals surface area (Å²) >= 11 is 16.4. The highest BCUT2D eigenvalue weighted by Gasteiger charge is 2.33. The average Bonchev–Trinajstić information content (AvgIpc) is 1.62. The number of amides is 9. The predicted octanol–water partition coefficient (Wildman–Crippen LogP) is 12.6. The van der Waals surface area contributed by atoms with Gasteiger partial charge in [0.15, 0.2) is 0 Å². The van der Waals surface area contributed by atoms with Crippen molar-refractivity contribution in [1.82, 2.24) is 20.4 Å². The topological polar surface area (TPSA) is 555 Å². The monoisotopic (exact) mass is 1780 g/mol. The molecule has 0 saturated carbocycles. The first-order valence-electron chi connectivity index (χ1n) is 32.8. The van der Waals surface area contributed by atoms with Gasteiger partial charge in [-0.1, -0.05) is 114 Å². The second-order valence-electron chi connectivity index (χ2n) is 23.4. The van der Waals surface area contributed by atoms with Crippen molar-refractivity contribution in [3.05, 3.63) is 248 Å². The number of H-pyrrole nitrogens is 2. The van der Waals surface area contributed by atoms with E-state index >= 15 is 0 Å². The summed E-state index contributed by atoms with van der Waals surface area (Å²) in [7, 11) is -11.3. The lowest BCUT2D eigenvalue weighted by Crippen LogP contribution is -2.17. The van der Waals surface area contributed by atoms with Crippen LogP contribution in [0.4, 0.5) is 25.0 Å². The fourth-order valence-electron chi connectivity index (χ4n) is 9.74. The van der Waals surface area contributed by atoms with E-state index in [1.165, 1.54) is 114 Å². The molecule has 0 atom stereocenters. The minimum atomic E-state index is -3.86. The van der Waals surface area contributed by atoms with E-state index in [1.807, 2.05) is 67.6 Å². The number of rotatable bonds is 19. The zero-order chi connectivity index (χ0) is 86.3. The molecule has 42 heteroatoms. The number of thiol groups is 1. The SMILES string of the molecule is CC(=O)Nc1sc(Cl)c(C)c1C(N)=O.CC(=O)Nc1sc(S(=O)(=O)c2ccccc2)c(C)c1C(N)=O.CC(=O)Nc1sc(Sc2ccccc2)c(C)c1C(N)=O.Cc1c(S(=O)(=O)c2ccccc2)sc(N)c1C(N)=O.Cc1c(S(=O)(=O)c2ccccc2)sc(NC(=O)c2ccn[nH]2)c1C(N)=O.O=C(O)c1ccn[nH]1.Sc1ccccc1. The number of aromatic nitrogens is 4. The maximum Gasteiger partial charge on any atom is 0.353 e. The van der Waals surface area contributed by atoms with E-state index in [0.717, 1.165) is 64.9 Å². The molecule has 5 aromatic carbocycles. The number of hydrogen-bond acceptors (Lipinski definition) is 26. The number of aromatic amines is 2. The van der Waals surface area contributed by atoms with Crippen LogP contribution in [0.3, 0.4) is 0 Å². The molecule has 0 fully saturated rings. The molecule has 7 heterocycles. The lowest BCUT2D eigenvalue weighted by atomic mass is 10.2. The van der Waals surface area contributed by atoms with E-state index in [9.17, 15) is 73.2 Å². The molecule has 0 spiro atoms. The van der Waals surface area contributed by atoms with Crippen LogP contribution in [0.25, 0.3) is 0 Å². The minimum Gasteiger partial charge on any atom is -0.477 e. The van der Waals surface area contributed by atoms with E-state index in [2.05, 4.69) is 54.3 Å². The number of nitrogens with zero attached hydrogens (tertiary/aromatic N) is 2. The Hall–Kier alpha value is -11.6. The van der Waals surface area contributed by atoms with Gasteiger partial charge in [-0.25, -0.2) is 30.0 Å². The van der Waals surface area contributed by atoms with Crippen molar-refractivity contribution < 1.29 is 78.3 Å². The highest BCUT2D eigenvalue weighted by Crippen LogP contribution is 2.44. The lowest BCUT2D eigenvalue weighted by molar-refractivity contribution is -0.115. The van der Waals surface area contributed by atoms with Gasteiger partial charge in [0.1, 0.15) is 49.0 Å². The summed E-state index contributed by atoms with van der Waals surface area (Å²) < 4.78 is 77.4. The Morgan fingerprint density at radius 3 is 1.04 bits per heavy atom. The number of nitrogens with two attached hydrogens (primary N) is 6. The Morgan fingerprint density at radius 1 is 0.414 bits per heavy atom. The number of halogens is 1. The summed E-state index contributed by atoms with van der Waals surface area (Å²) in [5, 5.41) is 31.5. The van der Waals surface area contributed by atoms with Crippen LogP contribution < -0.4 is 55.7 Å². The van der Waals surface area contributed by atoms with Crippen LogP contribution in [-0.4, -0.2) is 110 Å². The second-order valence-corrected chi connectivity index (χ2v) is 37.4. The molecule has 0 aliphatic rings. The standard InChI is InChI=1S/C16H14N4O4S2.C14H14N2O4S2.C14H14N2O2S2.C12H12N2O3S2.C8H9ClN2O2S.C6H6S.C4H4N2O2/c1-9-12(13(17)21)15(19-14(22)11-7-8-18-20-11)25-16(9)26(23,24)10-5-3-2-4-6-10;1-8-11(12(15)18)13(16-9(2)17)21-14(8)22(19,20)10-6-4-3-5-7-10;1-8-11(12(15)18)13(16-9(2)17)20-14(8)19-10-6-4-3-5-7-10;1-7-9(10(13)15)11(14)18-12(7)19(16,17)8-5-3-2-4-6-8;1-3-5(7(10)13)8(11-4(2)12)14-6(3)9;7-6-4-2-1-3-5-6;7-4(8)3-1-2-5-6-3/h2-8H,1H3,(H2,17,21)(H,18,20)(H,19,22);3-7H,1-2H3,(H2,15,18)(H,16,17);3-7H,1-2H3,(H2,15,18)(H,16,17);2-6H,14H2,1H3,(H2,13,15);1-2H3,(H2,10,13)(H,11,12);1-5,7H;1-2H,(H,5,6)(H,7,8). The number of thiophene rings is 5. The molecule has 19 N–H and O–H groups in total. The summed E-state index contributed by atoms with van der Waals surface area (Å²) in [6.45, 7) is 12.1. The number of anilines is 5. The predicted molar refractivity (Wildman–Crippen MR) is 452 cm³/mol. The normalized spacial score (nSPS) is 10.6. The van der Waals surface area contributed by atoms with Gasteiger partial charge in [-0.3, -0.25) is 53.3 Å². The lowest BCUT2D eigenvalue weighted by Gasteiger charge is -2.03. The summed E-state index contributed by atoms with van der Waals surface area (Å²) in [5.41, 5.74) is 35.3. The molecule has 7 aromatic heterocycles. The zero-order valence-electron chi connectivity index (χ0n) is 62.1. The van der Waals surface area contributed by atoms with Crippen molar-refractivity contribution in [1.29, 1.82) is 0 Å². The molecule has 0 aliphatic heterocycles. The Kier molecular flexibility index (Phi) is 33.8. The molecular formula is C74H73ClN14O17S10. The highest BCUT2D eigenvalue weighted by atomic mass is 35.5. The van der Waals surface area contributed by atoms with Gasteiger partial charge >= 0.3 is 5.97 Å². The number of carboxylic acids is 1. The third kappa shape index (κ3) is 24.7. The summed E-state index contributed by atoms with van der Waals surface area (Å²) in [6.07, 6.45) is 2.79. The van der Waals surface area contributed by atoms with Gasteiger partial charge in [-0.05, 0) is 135 Å². The van der Waals surface area contributed by atoms with Crippen molar-refractivity contribution in [3.8, 4) is 0 Å². The zero-order valence-corrected chi connectivity index (χ0v) is 71.1. The van der Waals surface area contributed by atoms with Gasteiger partial charge in [-0.2, -0.15) is 10.2 Å². The second kappa shape index (κ2) is 42.1. The molecule has 12 rings (SSSR count). The number of nitrogens with one attached hydrogen (secondary N) is 6. The van der Waals surface area contributed by atoms with E-state index < -0.39 is 76.8 Å². The summed E-state index contributed by atoms with van der Waals surface area (Å²) in [6, 6.07) is 46.1. The number of nitrogen functional groups attached to an aromatic ring is 1. The Balaban J connectivity index is 0.000000217. The van der Waals surface area contributed by atoms with Crippen LogP contribution >= 0.6 is 92.7 Å². The van der Waals surface area contributed by atoms with E-state index in [1.54, 1.807) is 73.3 Å². The largest absolute Gasteiger partial charge is 0.477 e. The minimum absolute atomic E-state index is 0.00347. The van der Waals surface area contributed by atoms with Crippen LogP contribution in [0, 0.1) is 34.6 Å². The van der Waals surface area contributed by atoms with E-state index in [4.69, 9.17) is 51.1 Å². The van der Waals surface area contributed by atoms with Gasteiger partial charge in [0.25, 0.3) is 35.4 Å². The number of hydrogen-bond donors (Lipinski definition) is 14. The van der Waals surface area contributed by atoms with Crippen molar-refractivity contribution in [2.24, 2.45) is 28.7 Å². The molecule has 116 heavy (non-hydrogen) atoms. The molecule has 12 aromatic rings. The fraction of sp³-hybridized carbons (Fsp3) is 0.108. The van der Waals surface area contributed by atoms with Gasteiger partial charge in [0.05, 0.1) is 51.0 Å². The van der Waals surface area contributed by atoms with Crippen LogP contribution in [0.5, 0.6) is 0 Å². The Morgan fingerprint density at radius 2 is 0.724 bits per heavy atom. The third-order valence-electron chi connectivity index (χ3n) is 14.9. The van der Waals surface area contributed by atoms with Crippen LogP contribution in [-0.2, 0) is 43.9 Å².